The van der Waals surface area contributed by atoms with E-state index in [1.165, 1.54) is 5.56 Å². The van der Waals surface area contributed by atoms with Gasteiger partial charge < -0.3 is 9.64 Å². The van der Waals surface area contributed by atoms with Crippen LogP contribution in [-0.2, 0) is 17.6 Å². The lowest BCUT2D eigenvalue weighted by molar-refractivity contribution is -0.117. The van der Waals surface area contributed by atoms with E-state index in [1.807, 2.05) is 54.3 Å². The molecule has 0 saturated heterocycles. The number of fused-ring (bicyclic) bond motifs is 1. The largest absolute Gasteiger partial charge is 0.496 e. The third-order valence-corrected chi connectivity index (χ3v) is 5.92. The Morgan fingerprint density at radius 3 is 2.81 bits per heavy atom. The molecular formula is C21H20N2O2S. The minimum Gasteiger partial charge on any atom is -0.496 e. The van der Waals surface area contributed by atoms with Crippen molar-refractivity contribution in [1.82, 2.24) is 4.98 Å². The molecule has 1 amide bonds. The number of aromatic nitrogens is 1. The van der Waals surface area contributed by atoms with Crippen LogP contribution in [0.4, 0.5) is 5.69 Å². The summed E-state index contributed by atoms with van der Waals surface area (Å²) in [6.07, 6.45) is 1.31. The lowest BCUT2D eigenvalue weighted by Crippen LogP contribution is -2.30. The van der Waals surface area contributed by atoms with Crippen LogP contribution in [0, 0.1) is 6.92 Å². The lowest BCUT2D eigenvalue weighted by Gasteiger charge is -2.16. The van der Waals surface area contributed by atoms with Crippen molar-refractivity contribution in [3.8, 4) is 16.3 Å². The molecule has 0 spiro atoms. The third kappa shape index (κ3) is 2.99. The van der Waals surface area contributed by atoms with Crippen LogP contribution in [0.2, 0.25) is 0 Å². The molecule has 1 aliphatic heterocycles. The number of rotatable bonds is 4. The summed E-state index contributed by atoms with van der Waals surface area (Å²) >= 11 is 1.57. The van der Waals surface area contributed by atoms with Crippen LogP contribution in [0.5, 0.6) is 5.75 Å². The molecule has 0 radical (unpaired) electrons. The SMILES string of the molecule is COc1ccccc1-c1nc(C)c(CC(=O)N2CCc3ccccc32)s1. The van der Waals surface area contributed by atoms with Gasteiger partial charge in [0.05, 0.1) is 24.8 Å². The summed E-state index contributed by atoms with van der Waals surface area (Å²) in [5.41, 5.74) is 4.17. The summed E-state index contributed by atoms with van der Waals surface area (Å²) < 4.78 is 5.44. The molecule has 5 heteroatoms. The normalized spacial score (nSPS) is 12.9. The standard InChI is InChI=1S/C21H20N2O2S/c1-14-19(26-21(22-14)16-8-4-6-10-18(16)25-2)13-20(24)23-12-11-15-7-3-5-9-17(15)23/h3-10H,11-13H2,1-2H3. The van der Waals surface area contributed by atoms with Gasteiger partial charge in [-0.25, -0.2) is 4.98 Å². The zero-order valence-corrected chi connectivity index (χ0v) is 15.7. The third-order valence-electron chi connectivity index (χ3n) is 4.73. The first-order valence-electron chi connectivity index (χ1n) is 8.65. The molecule has 0 saturated carbocycles. The van der Waals surface area contributed by atoms with Crippen LogP contribution < -0.4 is 9.64 Å². The average molecular weight is 364 g/mol. The minimum atomic E-state index is 0.133. The van der Waals surface area contributed by atoms with Crippen molar-refractivity contribution in [1.29, 1.82) is 0 Å². The van der Waals surface area contributed by atoms with E-state index < -0.39 is 0 Å². The molecule has 132 valence electrons. The zero-order chi connectivity index (χ0) is 18.1. The molecule has 26 heavy (non-hydrogen) atoms. The van der Waals surface area contributed by atoms with E-state index in [4.69, 9.17) is 4.74 Å². The predicted octanol–water partition coefficient (Wildman–Crippen LogP) is 4.26. The number of methoxy groups -OCH3 is 1. The van der Waals surface area contributed by atoms with Gasteiger partial charge in [-0.2, -0.15) is 0 Å². The second kappa shape index (κ2) is 6.92. The number of thiazole rings is 1. The molecule has 4 rings (SSSR count). The molecule has 0 unspecified atom stereocenters. The van der Waals surface area contributed by atoms with Crippen molar-refractivity contribution in [3.63, 3.8) is 0 Å². The Bertz CT molecular complexity index is 964. The fourth-order valence-electron chi connectivity index (χ4n) is 3.36. The molecule has 4 nitrogen and oxygen atoms in total. The van der Waals surface area contributed by atoms with Gasteiger partial charge >= 0.3 is 0 Å². The summed E-state index contributed by atoms with van der Waals surface area (Å²) in [7, 11) is 1.66. The van der Waals surface area contributed by atoms with Gasteiger partial charge in [0.2, 0.25) is 5.91 Å². The van der Waals surface area contributed by atoms with Gasteiger partial charge in [0.1, 0.15) is 10.8 Å². The monoisotopic (exact) mass is 364 g/mol. The highest BCUT2D eigenvalue weighted by atomic mass is 32.1. The van der Waals surface area contributed by atoms with Crippen molar-refractivity contribution in [2.24, 2.45) is 0 Å². The van der Waals surface area contributed by atoms with E-state index in [1.54, 1.807) is 18.4 Å². The van der Waals surface area contributed by atoms with Crippen molar-refractivity contribution in [2.45, 2.75) is 19.8 Å². The van der Waals surface area contributed by atoms with E-state index in [9.17, 15) is 4.79 Å². The van der Waals surface area contributed by atoms with Crippen molar-refractivity contribution >= 4 is 22.9 Å². The molecule has 0 bridgehead atoms. The number of ether oxygens (including phenoxy) is 1. The zero-order valence-electron chi connectivity index (χ0n) is 14.9. The molecule has 1 aliphatic rings. The van der Waals surface area contributed by atoms with Crippen LogP contribution in [0.3, 0.4) is 0 Å². The molecule has 2 heterocycles. The minimum absolute atomic E-state index is 0.133. The van der Waals surface area contributed by atoms with Crippen molar-refractivity contribution in [3.05, 3.63) is 64.7 Å². The lowest BCUT2D eigenvalue weighted by atomic mass is 10.2. The molecule has 0 atom stereocenters. The number of nitrogens with zero attached hydrogens (tertiary/aromatic N) is 2. The maximum atomic E-state index is 12.9. The number of hydrogen-bond acceptors (Lipinski definition) is 4. The van der Waals surface area contributed by atoms with Crippen LogP contribution in [-0.4, -0.2) is 24.5 Å². The van der Waals surface area contributed by atoms with Gasteiger partial charge in [-0.05, 0) is 37.1 Å². The van der Waals surface area contributed by atoms with E-state index in [-0.39, 0.29) is 5.91 Å². The molecule has 2 aromatic carbocycles. The predicted molar refractivity (Wildman–Crippen MR) is 105 cm³/mol. The number of carbonyl (C=O) groups is 1. The first kappa shape index (κ1) is 16.8. The van der Waals surface area contributed by atoms with E-state index in [0.29, 0.717) is 6.42 Å². The van der Waals surface area contributed by atoms with Crippen molar-refractivity contribution in [2.75, 3.05) is 18.6 Å². The van der Waals surface area contributed by atoms with Crippen LogP contribution >= 0.6 is 11.3 Å². The second-order valence-electron chi connectivity index (χ2n) is 6.33. The van der Waals surface area contributed by atoms with Crippen molar-refractivity contribution < 1.29 is 9.53 Å². The smallest absolute Gasteiger partial charge is 0.232 e. The van der Waals surface area contributed by atoms with E-state index >= 15 is 0 Å². The number of benzene rings is 2. The Labute approximate surface area is 157 Å². The number of hydrogen-bond donors (Lipinski definition) is 0. The summed E-state index contributed by atoms with van der Waals surface area (Å²) in [4.78, 5) is 20.5. The van der Waals surface area contributed by atoms with Gasteiger partial charge in [-0.15, -0.1) is 11.3 Å². The quantitative estimate of drug-likeness (QED) is 0.695. The number of amides is 1. The maximum Gasteiger partial charge on any atom is 0.232 e. The van der Waals surface area contributed by atoms with Gasteiger partial charge in [0.25, 0.3) is 0 Å². The Hall–Kier alpha value is -2.66. The number of para-hydroxylation sites is 2. The van der Waals surface area contributed by atoms with E-state index in [0.717, 1.165) is 45.5 Å². The number of anilines is 1. The second-order valence-corrected chi connectivity index (χ2v) is 7.41. The summed E-state index contributed by atoms with van der Waals surface area (Å²) in [6.45, 7) is 2.73. The number of carbonyl (C=O) groups excluding carboxylic acids is 1. The first-order chi connectivity index (χ1) is 12.7. The fourth-order valence-corrected chi connectivity index (χ4v) is 4.44. The number of aryl methyl sites for hydroxylation is 1. The molecule has 0 fully saturated rings. The molecule has 3 aromatic rings. The van der Waals surface area contributed by atoms with Crippen LogP contribution in [0.15, 0.2) is 48.5 Å². The summed E-state index contributed by atoms with van der Waals surface area (Å²) in [5, 5.41) is 0.893. The Morgan fingerprint density at radius 2 is 1.96 bits per heavy atom. The fraction of sp³-hybridized carbons (Fsp3) is 0.238. The van der Waals surface area contributed by atoms with Gasteiger partial charge in [0, 0.05) is 17.1 Å². The van der Waals surface area contributed by atoms with Gasteiger partial charge in [-0.3, -0.25) is 4.79 Å². The van der Waals surface area contributed by atoms with Gasteiger partial charge in [-0.1, -0.05) is 30.3 Å². The Balaban J connectivity index is 1.58. The average Bonchev–Trinajstić information content (AvgIpc) is 3.25. The molecule has 1 aromatic heterocycles. The Morgan fingerprint density at radius 1 is 1.19 bits per heavy atom. The summed E-state index contributed by atoms with van der Waals surface area (Å²) in [6, 6.07) is 16.0. The highest BCUT2D eigenvalue weighted by Crippen LogP contribution is 2.35. The van der Waals surface area contributed by atoms with Gasteiger partial charge in [0.15, 0.2) is 0 Å². The highest BCUT2D eigenvalue weighted by Gasteiger charge is 2.25. The highest BCUT2D eigenvalue weighted by molar-refractivity contribution is 7.15. The molecular weight excluding hydrogens is 344 g/mol. The first-order valence-corrected chi connectivity index (χ1v) is 9.47. The van der Waals surface area contributed by atoms with E-state index in [2.05, 4.69) is 11.1 Å². The topological polar surface area (TPSA) is 42.4 Å². The van der Waals surface area contributed by atoms with Crippen LogP contribution in [0.1, 0.15) is 16.1 Å². The molecule has 0 aliphatic carbocycles. The van der Waals surface area contributed by atoms with Crippen LogP contribution in [0.25, 0.3) is 10.6 Å². The Kier molecular flexibility index (Phi) is 4.47. The molecule has 0 N–H and O–H groups in total. The summed E-state index contributed by atoms with van der Waals surface area (Å²) in [5.74, 6) is 0.931. The maximum absolute atomic E-state index is 12.9.